The third-order valence-electron chi connectivity index (χ3n) is 2.15. The molecule has 0 aliphatic heterocycles. The molecule has 0 amide bonds. The summed E-state index contributed by atoms with van der Waals surface area (Å²) in [6.45, 7) is 3.89. The summed E-state index contributed by atoms with van der Waals surface area (Å²) in [5, 5.41) is 9.06. The van der Waals surface area contributed by atoms with E-state index in [1.54, 1.807) is 24.8 Å². The SMILES string of the molecule is Cc1cc(SC(C)CCO)c(N)cc1F. The maximum absolute atomic E-state index is 13.1. The Morgan fingerprint density at radius 3 is 2.80 bits per heavy atom. The lowest BCUT2D eigenvalue weighted by molar-refractivity contribution is 0.289. The number of hydrogen-bond donors (Lipinski definition) is 2. The first-order valence-corrected chi connectivity index (χ1v) is 5.75. The summed E-state index contributed by atoms with van der Waals surface area (Å²) in [5.74, 6) is -0.272. The van der Waals surface area contributed by atoms with Gasteiger partial charge in [0, 0.05) is 22.4 Å². The van der Waals surface area contributed by atoms with Gasteiger partial charge in [-0.1, -0.05) is 6.92 Å². The van der Waals surface area contributed by atoms with Crippen molar-refractivity contribution in [2.45, 2.75) is 30.4 Å². The third-order valence-corrected chi connectivity index (χ3v) is 3.40. The molecule has 84 valence electrons. The number of anilines is 1. The van der Waals surface area contributed by atoms with Gasteiger partial charge >= 0.3 is 0 Å². The zero-order valence-corrected chi connectivity index (χ0v) is 9.77. The van der Waals surface area contributed by atoms with Gasteiger partial charge in [0.05, 0.1) is 0 Å². The van der Waals surface area contributed by atoms with Gasteiger partial charge in [-0.15, -0.1) is 11.8 Å². The molecule has 0 spiro atoms. The number of aliphatic hydroxyl groups is 1. The normalized spacial score (nSPS) is 12.8. The highest BCUT2D eigenvalue weighted by atomic mass is 32.2. The molecule has 4 heteroatoms. The molecule has 0 aliphatic rings. The van der Waals surface area contributed by atoms with E-state index in [9.17, 15) is 4.39 Å². The number of aryl methyl sites for hydroxylation is 1. The van der Waals surface area contributed by atoms with Gasteiger partial charge in [-0.2, -0.15) is 0 Å². The number of nitrogen functional groups attached to an aromatic ring is 1. The lowest BCUT2D eigenvalue weighted by Crippen LogP contribution is -2.01. The van der Waals surface area contributed by atoms with Gasteiger partial charge in [0.15, 0.2) is 0 Å². The summed E-state index contributed by atoms with van der Waals surface area (Å²) in [6.07, 6.45) is 0.709. The van der Waals surface area contributed by atoms with E-state index in [0.717, 1.165) is 4.90 Å². The number of nitrogens with two attached hydrogens (primary N) is 1. The molecule has 1 aromatic rings. The summed E-state index contributed by atoms with van der Waals surface area (Å²) in [6, 6.07) is 3.10. The maximum atomic E-state index is 13.1. The van der Waals surface area contributed by atoms with Gasteiger partial charge in [0.25, 0.3) is 0 Å². The van der Waals surface area contributed by atoms with Crippen molar-refractivity contribution in [2.75, 3.05) is 12.3 Å². The largest absolute Gasteiger partial charge is 0.398 e. The van der Waals surface area contributed by atoms with Gasteiger partial charge in [0.2, 0.25) is 0 Å². The summed E-state index contributed by atoms with van der Waals surface area (Å²) in [7, 11) is 0. The predicted octanol–water partition coefficient (Wildman–Crippen LogP) is 2.58. The fourth-order valence-electron chi connectivity index (χ4n) is 1.23. The molecule has 0 aromatic heterocycles. The summed E-state index contributed by atoms with van der Waals surface area (Å²) < 4.78 is 13.1. The lowest BCUT2D eigenvalue weighted by Gasteiger charge is -2.12. The number of thioether (sulfide) groups is 1. The van der Waals surface area contributed by atoms with E-state index in [2.05, 4.69) is 0 Å². The fourth-order valence-corrected chi connectivity index (χ4v) is 2.33. The number of hydrogen-bond acceptors (Lipinski definition) is 3. The van der Waals surface area contributed by atoms with Gasteiger partial charge < -0.3 is 10.8 Å². The highest BCUT2D eigenvalue weighted by Gasteiger charge is 2.09. The highest BCUT2D eigenvalue weighted by molar-refractivity contribution is 8.00. The van der Waals surface area contributed by atoms with Crippen molar-refractivity contribution >= 4 is 17.4 Å². The molecule has 0 aliphatic carbocycles. The fraction of sp³-hybridized carbons (Fsp3) is 0.455. The highest BCUT2D eigenvalue weighted by Crippen LogP contribution is 2.31. The monoisotopic (exact) mass is 229 g/mol. The first-order valence-electron chi connectivity index (χ1n) is 4.87. The Morgan fingerprint density at radius 2 is 2.20 bits per heavy atom. The average Bonchev–Trinajstić information content (AvgIpc) is 2.14. The zero-order valence-electron chi connectivity index (χ0n) is 8.96. The minimum Gasteiger partial charge on any atom is -0.398 e. The van der Waals surface area contributed by atoms with E-state index in [0.29, 0.717) is 17.7 Å². The van der Waals surface area contributed by atoms with Crippen molar-refractivity contribution in [3.8, 4) is 0 Å². The predicted molar refractivity (Wildman–Crippen MR) is 62.6 cm³/mol. The van der Waals surface area contributed by atoms with E-state index >= 15 is 0 Å². The summed E-state index contributed by atoms with van der Waals surface area (Å²) in [5.41, 5.74) is 6.78. The minimum atomic E-state index is -0.272. The van der Waals surface area contributed by atoms with E-state index in [1.807, 2.05) is 6.92 Å². The van der Waals surface area contributed by atoms with Crippen LogP contribution in [-0.4, -0.2) is 17.0 Å². The van der Waals surface area contributed by atoms with Gasteiger partial charge in [0.1, 0.15) is 5.82 Å². The Hall–Kier alpha value is -0.740. The molecule has 0 fully saturated rings. The van der Waals surface area contributed by atoms with E-state index in [-0.39, 0.29) is 17.7 Å². The van der Waals surface area contributed by atoms with Crippen LogP contribution in [0, 0.1) is 12.7 Å². The molecular formula is C11H16FNOS. The zero-order chi connectivity index (χ0) is 11.4. The van der Waals surface area contributed by atoms with Crippen LogP contribution in [0.15, 0.2) is 17.0 Å². The second-order valence-corrected chi connectivity index (χ2v) is 5.06. The van der Waals surface area contributed by atoms with E-state index < -0.39 is 0 Å². The molecule has 1 atom stereocenters. The van der Waals surface area contributed by atoms with E-state index in [1.165, 1.54) is 6.07 Å². The average molecular weight is 229 g/mol. The minimum absolute atomic E-state index is 0.161. The Balaban J connectivity index is 2.81. The van der Waals surface area contributed by atoms with Crippen LogP contribution in [0.4, 0.5) is 10.1 Å². The Kier molecular flexibility index (Phi) is 4.42. The van der Waals surface area contributed by atoms with Crippen molar-refractivity contribution in [3.05, 3.63) is 23.5 Å². The van der Waals surface area contributed by atoms with Gasteiger partial charge in [-0.3, -0.25) is 0 Å². The number of aliphatic hydroxyl groups excluding tert-OH is 1. The van der Waals surface area contributed by atoms with Crippen LogP contribution in [0.2, 0.25) is 0 Å². The molecular weight excluding hydrogens is 213 g/mol. The van der Waals surface area contributed by atoms with Crippen LogP contribution < -0.4 is 5.73 Å². The molecule has 0 heterocycles. The molecule has 15 heavy (non-hydrogen) atoms. The Bertz CT molecular complexity index is 344. The summed E-state index contributed by atoms with van der Waals surface area (Å²) >= 11 is 1.57. The van der Waals surface area contributed by atoms with Crippen LogP contribution in [0.3, 0.4) is 0 Å². The smallest absolute Gasteiger partial charge is 0.128 e. The van der Waals surface area contributed by atoms with Crippen molar-refractivity contribution < 1.29 is 9.50 Å². The standard InChI is InChI=1S/C11H16FNOS/c1-7-5-11(10(13)6-9(7)12)15-8(2)3-4-14/h5-6,8,14H,3-4,13H2,1-2H3. The van der Waals surface area contributed by atoms with Crippen LogP contribution in [-0.2, 0) is 0 Å². The Labute approximate surface area is 93.7 Å². The molecule has 0 radical (unpaired) electrons. The quantitative estimate of drug-likeness (QED) is 0.616. The van der Waals surface area contributed by atoms with Crippen molar-refractivity contribution in [1.82, 2.24) is 0 Å². The maximum Gasteiger partial charge on any atom is 0.128 e. The first-order chi connectivity index (χ1) is 7.04. The molecule has 1 unspecified atom stereocenters. The molecule has 0 saturated carbocycles. The molecule has 3 N–H and O–H groups in total. The number of halogens is 1. The van der Waals surface area contributed by atoms with Crippen LogP contribution in [0.25, 0.3) is 0 Å². The van der Waals surface area contributed by atoms with Gasteiger partial charge in [-0.05, 0) is 31.0 Å². The summed E-state index contributed by atoms with van der Waals surface area (Å²) in [4.78, 5) is 0.884. The molecule has 0 bridgehead atoms. The van der Waals surface area contributed by atoms with Crippen LogP contribution in [0.1, 0.15) is 18.9 Å². The topological polar surface area (TPSA) is 46.2 Å². The lowest BCUT2D eigenvalue weighted by atomic mass is 10.2. The van der Waals surface area contributed by atoms with Crippen LogP contribution in [0.5, 0.6) is 0 Å². The van der Waals surface area contributed by atoms with Crippen LogP contribution >= 0.6 is 11.8 Å². The number of rotatable bonds is 4. The first kappa shape index (κ1) is 12.3. The van der Waals surface area contributed by atoms with Crippen molar-refractivity contribution in [1.29, 1.82) is 0 Å². The Morgan fingerprint density at radius 1 is 1.53 bits per heavy atom. The second kappa shape index (κ2) is 5.37. The van der Waals surface area contributed by atoms with E-state index in [4.69, 9.17) is 10.8 Å². The van der Waals surface area contributed by atoms with Crippen molar-refractivity contribution in [2.24, 2.45) is 0 Å². The molecule has 1 rings (SSSR count). The third kappa shape index (κ3) is 3.39. The molecule has 0 saturated heterocycles. The number of benzene rings is 1. The van der Waals surface area contributed by atoms with Gasteiger partial charge in [-0.25, -0.2) is 4.39 Å². The van der Waals surface area contributed by atoms with Crippen molar-refractivity contribution in [3.63, 3.8) is 0 Å². The molecule has 1 aromatic carbocycles. The second-order valence-electron chi connectivity index (χ2n) is 3.58. The molecule has 2 nitrogen and oxygen atoms in total.